The van der Waals surface area contributed by atoms with Crippen molar-refractivity contribution in [1.29, 1.82) is 0 Å². The number of nitrogens with zero attached hydrogens (tertiary/aromatic N) is 3. The first-order valence-electron chi connectivity index (χ1n) is 7.19. The first-order valence-corrected chi connectivity index (χ1v) is 7.19. The van der Waals surface area contributed by atoms with Crippen molar-refractivity contribution in [2.45, 2.75) is 26.3 Å². The van der Waals surface area contributed by atoms with E-state index in [1.54, 1.807) is 12.4 Å². The first kappa shape index (κ1) is 13.5. The van der Waals surface area contributed by atoms with Crippen LogP contribution in [0.3, 0.4) is 0 Å². The van der Waals surface area contributed by atoms with Crippen LogP contribution in [0.2, 0.25) is 0 Å². The molecule has 0 aliphatic carbocycles. The monoisotopic (exact) mass is 278 g/mol. The zero-order chi connectivity index (χ0) is 14.7. The van der Waals surface area contributed by atoms with Gasteiger partial charge in [-0.2, -0.15) is 0 Å². The topological polar surface area (TPSA) is 50.7 Å². The van der Waals surface area contributed by atoms with Crippen molar-refractivity contribution >= 4 is 17.0 Å². The summed E-state index contributed by atoms with van der Waals surface area (Å²) in [6, 6.07) is 12.7. The minimum atomic E-state index is 0.192. The van der Waals surface area contributed by atoms with Crippen LogP contribution in [0, 0.1) is 0 Å². The fourth-order valence-electron chi connectivity index (χ4n) is 2.28. The molecule has 0 radical (unpaired) electrons. The molecule has 2 heterocycles. The molecule has 21 heavy (non-hydrogen) atoms. The van der Waals surface area contributed by atoms with E-state index >= 15 is 0 Å². The third-order valence-electron chi connectivity index (χ3n) is 3.58. The highest BCUT2D eigenvalue weighted by Gasteiger charge is 2.07. The van der Waals surface area contributed by atoms with Gasteiger partial charge in [-0.25, -0.2) is 9.97 Å². The molecular formula is C17H18N4. The van der Waals surface area contributed by atoms with Gasteiger partial charge in [-0.3, -0.25) is 4.98 Å². The molecule has 0 fully saturated rings. The smallest absolute Gasteiger partial charge is 0.180 e. The van der Waals surface area contributed by atoms with E-state index in [2.05, 4.69) is 58.4 Å². The Kier molecular flexibility index (Phi) is 3.77. The number of anilines is 1. The standard InChI is InChI=1S/C17H18N4/c1-3-13-4-6-14(7-5-13)12(2)20-16-9-8-15-17(21-16)19-11-10-18-15/h4-12H,3H2,1-2H3,(H,19,20,21). The molecule has 4 heteroatoms. The average Bonchev–Trinajstić information content (AvgIpc) is 2.55. The van der Waals surface area contributed by atoms with Gasteiger partial charge < -0.3 is 5.32 Å². The second-order valence-corrected chi connectivity index (χ2v) is 5.06. The molecule has 4 nitrogen and oxygen atoms in total. The Labute approximate surface area is 124 Å². The van der Waals surface area contributed by atoms with E-state index in [1.807, 2.05) is 12.1 Å². The number of aromatic nitrogens is 3. The van der Waals surface area contributed by atoms with E-state index in [0.29, 0.717) is 5.65 Å². The third kappa shape index (κ3) is 2.99. The van der Waals surface area contributed by atoms with E-state index in [4.69, 9.17) is 0 Å². The van der Waals surface area contributed by atoms with Gasteiger partial charge in [0, 0.05) is 18.4 Å². The lowest BCUT2D eigenvalue weighted by Gasteiger charge is -2.15. The summed E-state index contributed by atoms with van der Waals surface area (Å²) in [5.74, 6) is 0.815. The Bertz CT molecular complexity index is 737. The highest BCUT2D eigenvalue weighted by Crippen LogP contribution is 2.19. The summed E-state index contributed by atoms with van der Waals surface area (Å²) in [4.78, 5) is 12.9. The van der Waals surface area contributed by atoms with Gasteiger partial charge in [-0.1, -0.05) is 31.2 Å². The second-order valence-electron chi connectivity index (χ2n) is 5.06. The highest BCUT2D eigenvalue weighted by molar-refractivity contribution is 5.71. The van der Waals surface area contributed by atoms with Crippen LogP contribution in [0.1, 0.15) is 31.0 Å². The van der Waals surface area contributed by atoms with Gasteiger partial charge in [0.25, 0.3) is 0 Å². The van der Waals surface area contributed by atoms with Crippen molar-refractivity contribution < 1.29 is 0 Å². The predicted molar refractivity (Wildman–Crippen MR) is 85.2 cm³/mol. The number of aryl methyl sites for hydroxylation is 1. The predicted octanol–water partition coefficient (Wildman–Crippen LogP) is 3.76. The summed E-state index contributed by atoms with van der Waals surface area (Å²) in [6.07, 6.45) is 4.40. The van der Waals surface area contributed by atoms with Crippen LogP contribution < -0.4 is 5.32 Å². The number of nitrogens with one attached hydrogen (secondary N) is 1. The average molecular weight is 278 g/mol. The zero-order valence-corrected chi connectivity index (χ0v) is 12.2. The number of hydrogen-bond acceptors (Lipinski definition) is 4. The van der Waals surface area contributed by atoms with Crippen molar-refractivity contribution in [3.05, 3.63) is 59.9 Å². The van der Waals surface area contributed by atoms with E-state index in [9.17, 15) is 0 Å². The normalized spacial score (nSPS) is 12.3. The molecule has 0 spiro atoms. The number of benzene rings is 1. The molecule has 0 amide bonds. The lowest BCUT2D eigenvalue weighted by atomic mass is 10.1. The highest BCUT2D eigenvalue weighted by atomic mass is 15.0. The van der Waals surface area contributed by atoms with Gasteiger partial charge in [0.1, 0.15) is 11.3 Å². The van der Waals surface area contributed by atoms with E-state index in [0.717, 1.165) is 17.8 Å². The van der Waals surface area contributed by atoms with Crippen LogP contribution in [-0.4, -0.2) is 15.0 Å². The number of fused-ring (bicyclic) bond motifs is 1. The van der Waals surface area contributed by atoms with Gasteiger partial charge >= 0.3 is 0 Å². The maximum absolute atomic E-state index is 4.49. The molecule has 3 rings (SSSR count). The molecule has 2 aromatic heterocycles. The Morgan fingerprint density at radius 2 is 1.76 bits per heavy atom. The molecule has 1 aromatic carbocycles. The van der Waals surface area contributed by atoms with Gasteiger partial charge in [0.15, 0.2) is 5.65 Å². The fourth-order valence-corrected chi connectivity index (χ4v) is 2.28. The summed E-state index contributed by atoms with van der Waals surface area (Å²) in [7, 11) is 0. The molecule has 0 saturated heterocycles. The van der Waals surface area contributed by atoms with Gasteiger partial charge in [0.2, 0.25) is 0 Å². The summed E-state index contributed by atoms with van der Waals surface area (Å²) < 4.78 is 0. The zero-order valence-electron chi connectivity index (χ0n) is 12.2. The molecule has 0 aliphatic heterocycles. The molecule has 1 atom stereocenters. The van der Waals surface area contributed by atoms with Crippen LogP contribution in [0.5, 0.6) is 0 Å². The lowest BCUT2D eigenvalue weighted by Crippen LogP contribution is -2.08. The summed E-state index contributed by atoms with van der Waals surface area (Å²) in [5, 5.41) is 3.41. The van der Waals surface area contributed by atoms with Crippen molar-refractivity contribution in [2.75, 3.05) is 5.32 Å². The SMILES string of the molecule is CCc1ccc(C(C)Nc2ccc3nccnc3n2)cc1. The molecule has 1 N–H and O–H groups in total. The number of rotatable bonds is 4. The molecule has 0 saturated carbocycles. The molecule has 106 valence electrons. The van der Waals surface area contributed by atoms with E-state index in [-0.39, 0.29) is 6.04 Å². The van der Waals surface area contributed by atoms with E-state index in [1.165, 1.54) is 11.1 Å². The van der Waals surface area contributed by atoms with Crippen LogP contribution in [0.4, 0.5) is 5.82 Å². The lowest BCUT2D eigenvalue weighted by molar-refractivity contribution is 0.874. The molecule has 3 aromatic rings. The van der Waals surface area contributed by atoms with Crippen LogP contribution >= 0.6 is 0 Å². The maximum Gasteiger partial charge on any atom is 0.180 e. The third-order valence-corrected chi connectivity index (χ3v) is 3.58. The summed E-state index contributed by atoms with van der Waals surface area (Å²) >= 11 is 0. The maximum atomic E-state index is 4.49. The second kappa shape index (κ2) is 5.87. The Balaban J connectivity index is 1.79. The van der Waals surface area contributed by atoms with Crippen molar-refractivity contribution in [3.63, 3.8) is 0 Å². The number of pyridine rings is 1. The van der Waals surface area contributed by atoms with Crippen LogP contribution in [0.25, 0.3) is 11.2 Å². The first-order chi connectivity index (χ1) is 10.3. The molecule has 1 unspecified atom stereocenters. The minimum Gasteiger partial charge on any atom is -0.363 e. The molecule has 0 aliphatic rings. The minimum absolute atomic E-state index is 0.192. The quantitative estimate of drug-likeness (QED) is 0.789. The fraction of sp³-hybridized carbons (Fsp3) is 0.235. The van der Waals surface area contributed by atoms with Gasteiger partial charge in [-0.15, -0.1) is 0 Å². The summed E-state index contributed by atoms with van der Waals surface area (Å²) in [6.45, 7) is 4.29. The summed E-state index contributed by atoms with van der Waals surface area (Å²) in [5.41, 5.74) is 4.07. The molecular weight excluding hydrogens is 260 g/mol. The Morgan fingerprint density at radius 1 is 1.00 bits per heavy atom. The number of hydrogen-bond donors (Lipinski definition) is 1. The van der Waals surface area contributed by atoms with Gasteiger partial charge in [0.05, 0.1) is 0 Å². The van der Waals surface area contributed by atoms with Crippen molar-refractivity contribution in [1.82, 2.24) is 15.0 Å². The largest absolute Gasteiger partial charge is 0.363 e. The Morgan fingerprint density at radius 3 is 2.52 bits per heavy atom. The van der Waals surface area contributed by atoms with Crippen molar-refractivity contribution in [2.24, 2.45) is 0 Å². The van der Waals surface area contributed by atoms with Crippen LogP contribution in [-0.2, 0) is 6.42 Å². The molecule has 0 bridgehead atoms. The van der Waals surface area contributed by atoms with Gasteiger partial charge in [-0.05, 0) is 36.6 Å². The van der Waals surface area contributed by atoms with Crippen LogP contribution in [0.15, 0.2) is 48.8 Å². The van der Waals surface area contributed by atoms with E-state index < -0.39 is 0 Å². The Hall–Kier alpha value is -2.49. The van der Waals surface area contributed by atoms with Crippen molar-refractivity contribution in [3.8, 4) is 0 Å².